The van der Waals surface area contributed by atoms with Gasteiger partial charge in [0.05, 0.1) is 10.0 Å². The first-order valence-electron chi connectivity index (χ1n) is 6.40. The summed E-state index contributed by atoms with van der Waals surface area (Å²) in [5.41, 5.74) is -3.36. The average Bonchev–Trinajstić information content (AvgIpc) is 2.68. The Morgan fingerprint density at radius 1 is 1.36 bits per heavy atom. The highest BCUT2D eigenvalue weighted by Crippen LogP contribution is 2.37. The van der Waals surface area contributed by atoms with Gasteiger partial charge in [-0.25, -0.2) is 14.0 Å². The Morgan fingerprint density at radius 2 is 2.00 bits per heavy atom. The van der Waals surface area contributed by atoms with Crippen molar-refractivity contribution in [2.75, 3.05) is 6.54 Å². The molecule has 0 aliphatic carbocycles. The van der Waals surface area contributed by atoms with E-state index in [1.807, 2.05) is 0 Å². The summed E-state index contributed by atoms with van der Waals surface area (Å²) in [7, 11) is 0. The van der Waals surface area contributed by atoms with Gasteiger partial charge in [0.15, 0.2) is 0 Å². The molecule has 1 fully saturated rings. The Balaban J connectivity index is 2.24. The van der Waals surface area contributed by atoms with E-state index in [0.717, 1.165) is 0 Å². The number of amides is 1. The molecule has 0 spiro atoms. The van der Waals surface area contributed by atoms with Crippen molar-refractivity contribution in [3.63, 3.8) is 0 Å². The molecular weight excluding hydrogens is 336 g/mol. The normalized spacial score (nSPS) is 21.7. The summed E-state index contributed by atoms with van der Waals surface area (Å²) >= 11 is 11.6. The van der Waals surface area contributed by atoms with Crippen LogP contribution in [0.5, 0.6) is 0 Å². The average molecular weight is 350 g/mol. The summed E-state index contributed by atoms with van der Waals surface area (Å²) in [5, 5.41) is 0.875. The van der Waals surface area contributed by atoms with E-state index >= 15 is 0 Å². The second kappa shape index (κ2) is 5.59. The fourth-order valence-electron chi connectivity index (χ4n) is 1.83. The summed E-state index contributed by atoms with van der Waals surface area (Å²) in [6.45, 7) is 4.30. The third-order valence-electron chi connectivity index (χ3n) is 2.85. The number of rotatable bonds is 1. The zero-order valence-electron chi connectivity index (χ0n) is 12.2. The SMILES string of the molecule is CC(C)(C)OC(=O)N1C[C@@](F)(c2ccc(Cl)c(Cl)c2)C(=O)O1. The van der Waals surface area contributed by atoms with Gasteiger partial charge < -0.3 is 9.57 Å². The van der Waals surface area contributed by atoms with Crippen molar-refractivity contribution < 1.29 is 23.6 Å². The third-order valence-corrected chi connectivity index (χ3v) is 3.59. The van der Waals surface area contributed by atoms with Crippen molar-refractivity contribution in [1.82, 2.24) is 5.06 Å². The van der Waals surface area contributed by atoms with Crippen LogP contribution < -0.4 is 0 Å². The van der Waals surface area contributed by atoms with Crippen molar-refractivity contribution in [3.05, 3.63) is 33.8 Å². The molecule has 1 heterocycles. The van der Waals surface area contributed by atoms with E-state index in [0.29, 0.717) is 5.06 Å². The third kappa shape index (κ3) is 3.28. The van der Waals surface area contributed by atoms with Crippen LogP contribution in [0.2, 0.25) is 10.0 Å². The largest absolute Gasteiger partial charge is 0.443 e. The van der Waals surface area contributed by atoms with Crippen molar-refractivity contribution in [2.24, 2.45) is 0 Å². The fourth-order valence-corrected chi connectivity index (χ4v) is 2.13. The lowest BCUT2D eigenvalue weighted by Gasteiger charge is -2.22. The molecule has 1 aromatic rings. The molecule has 5 nitrogen and oxygen atoms in total. The van der Waals surface area contributed by atoms with E-state index in [4.69, 9.17) is 27.9 Å². The maximum absolute atomic E-state index is 15.0. The van der Waals surface area contributed by atoms with Crippen LogP contribution >= 0.6 is 23.2 Å². The van der Waals surface area contributed by atoms with Crippen LogP contribution in [0, 0.1) is 0 Å². The number of alkyl halides is 1. The number of halogens is 3. The quantitative estimate of drug-likeness (QED) is 0.772. The summed E-state index contributed by atoms with van der Waals surface area (Å²) in [6, 6.07) is 3.90. The molecule has 0 N–H and O–H groups in total. The minimum atomic E-state index is -2.52. The van der Waals surface area contributed by atoms with Gasteiger partial charge in [0.1, 0.15) is 12.1 Å². The van der Waals surface area contributed by atoms with Crippen LogP contribution in [0.1, 0.15) is 26.3 Å². The van der Waals surface area contributed by atoms with E-state index in [1.165, 1.54) is 18.2 Å². The van der Waals surface area contributed by atoms with E-state index < -0.39 is 29.9 Å². The molecule has 1 aromatic carbocycles. The lowest BCUT2D eigenvalue weighted by atomic mass is 9.96. The molecule has 0 saturated carbocycles. The molecule has 1 amide bonds. The number of hydrogen-bond donors (Lipinski definition) is 0. The molecular formula is C14H14Cl2FNO4. The summed E-state index contributed by atoms with van der Waals surface area (Å²) in [6.07, 6.45) is -0.944. The van der Waals surface area contributed by atoms with E-state index in [9.17, 15) is 14.0 Å². The maximum atomic E-state index is 15.0. The fraction of sp³-hybridized carbons (Fsp3) is 0.429. The Hall–Kier alpha value is -1.53. The molecule has 0 radical (unpaired) electrons. The Morgan fingerprint density at radius 3 is 2.55 bits per heavy atom. The minimum Gasteiger partial charge on any atom is -0.442 e. The van der Waals surface area contributed by atoms with Crippen LogP contribution in [0.15, 0.2) is 18.2 Å². The van der Waals surface area contributed by atoms with Gasteiger partial charge in [-0.2, -0.15) is 0 Å². The lowest BCUT2D eigenvalue weighted by molar-refractivity contribution is -0.169. The number of benzene rings is 1. The van der Waals surface area contributed by atoms with Crippen LogP contribution in [0.3, 0.4) is 0 Å². The van der Waals surface area contributed by atoms with Gasteiger partial charge in [0, 0.05) is 5.56 Å². The van der Waals surface area contributed by atoms with E-state index in [1.54, 1.807) is 20.8 Å². The molecule has 1 aliphatic rings. The monoisotopic (exact) mass is 349 g/mol. The first-order chi connectivity index (χ1) is 10.0. The van der Waals surface area contributed by atoms with Crippen LogP contribution in [-0.2, 0) is 20.0 Å². The molecule has 120 valence electrons. The smallest absolute Gasteiger partial charge is 0.442 e. The molecule has 2 rings (SSSR count). The van der Waals surface area contributed by atoms with E-state index in [-0.39, 0.29) is 15.6 Å². The Bertz CT molecular complexity index is 632. The van der Waals surface area contributed by atoms with Crippen molar-refractivity contribution >= 4 is 35.3 Å². The second-order valence-electron chi connectivity index (χ2n) is 5.83. The van der Waals surface area contributed by atoms with Gasteiger partial charge in [-0.1, -0.05) is 29.3 Å². The van der Waals surface area contributed by atoms with Gasteiger partial charge in [-0.05, 0) is 32.9 Å². The van der Waals surface area contributed by atoms with Crippen molar-refractivity contribution in [2.45, 2.75) is 32.0 Å². The first-order valence-corrected chi connectivity index (χ1v) is 7.16. The summed E-state index contributed by atoms with van der Waals surface area (Å²) in [5.74, 6) is -1.21. The number of hydroxylamine groups is 2. The Labute approximate surface area is 136 Å². The highest BCUT2D eigenvalue weighted by atomic mass is 35.5. The molecule has 0 aromatic heterocycles. The molecule has 0 bridgehead atoms. The van der Waals surface area contributed by atoms with E-state index in [2.05, 4.69) is 4.84 Å². The molecule has 0 unspecified atom stereocenters. The minimum absolute atomic E-state index is 0.0436. The molecule has 1 atom stereocenters. The van der Waals surface area contributed by atoms with Crippen LogP contribution in [0.25, 0.3) is 0 Å². The van der Waals surface area contributed by atoms with Gasteiger partial charge in [-0.15, -0.1) is 5.06 Å². The molecule has 22 heavy (non-hydrogen) atoms. The van der Waals surface area contributed by atoms with Gasteiger partial charge >= 0.3 is 12.1 Å². The number of ether oxygens (including phenoxy) is 1. The maximum Gasteiger partial charge on any atom is 0.443 e. The molecule has 1 aliphatic heterocycles. The lowest BCUT2D eigenvalue weighted by Crippen LogP contribution is -2.36. The first kappa shape index (κ1) is 16.8. The number of nitrogens with zero attached hydrogens (tertiary/aromatic N) is 1. The predicted octanol–water partition coefficient (Wildman–Crippen LogP) is 3.87. The number of hydrogen-bond acceptors (Lipinski definition) is 4. The second-order valence-corrected chi connectivity index (χ2v) is 6.64. The summed E-state index contributed by atoms with van der Waals surface area (Å²) in [4.78, 5) is 28.4. The highest BCUT2D eigenvalue weighted by Gasteiger charge is 2.54. The molecule has 1 saturated heterocycles. The van der Waals surface area contributed by atoms with Gasteiger partial charge in [0.2, 0.25) is 0 Å². The number of carbonyl (C=O) groups is 2. The van der Waals surface area contributed by atoms with Crippen molar-refractivity contribution in [1.29, 1.82) is 0 Å². The van der Waals surface area contributed by atoms with Crippen LogP contribution in [-0.4, -0.2) is 29.3 Å². The molecule has 8 heteroatoms. The van der Waals surface area contributed by atoms with Gasteiger partial charge in [0.25, 0.3) is 5.67 Å². The highest BCUT2D eigenvalue weighted by molar-refractivity contribution is 6.42. The number of carbonyl (C=O) groups excluding carboxylic acids is 2. The summed E-state index contributed by atoms with van der Waals surface area (Å²) < 4.78 is 20.0. The zero-order valence-corrected chi connectivity index (χ0v) is 13.7. The zero-order chi connectivity index (χ0) is 16.7. The van der Waals surface area contributed by atoms with Gasteiger partial charge in [-0.3, -0.25) is 0 Å². The standard InChI is InChI=1S/C14H14Cl2FNO4/c1-13(2,3)21-12(20)18-7-14(17,11(19)22-18)8-4-5-9(15)10(16)6-8/h4-6H,7H2,1-3H3/t14-/m1/s1. The topological polar surface area (TPSA) is 55.8 Å². The van der Waals surface area contributed by atoms with Crippen molar-refractivity contribution in [3.8, 4) is 0 Å². The predicted molar refractivity (Wildman–Crippen MR) is 78.3 cm³/mol. The Kier molecular flexibility index (Phi) is 4.28. The van der Waals surface area contributed by atoms with Crippen LogP contribution in [0.4, 0.5) is 9.18 Å².